The SMILES string of the molecule is N=C(N)NNN(N)NC(=N)N. The summed E-state index contributed by atoms with van der Waals surface area (Å²) in [5.41, 5.74) is 16.3. The van der Waals surface area contributed by atoms with Gasteiger partial charge in [-0.25, -0.2) is 5.84 Å². The second-order valence-electron chi connectivity index (χ2n) is 1.55. The second-order valence-corrected chi connectivity index (χ2v) is 1.55. The van der Waals surface area contributed by atoms with Crippen molar-refractivity contribution in [2.24, 2.45) is 17.3 Å². The number of hydrogen-bond acceptors (Lipinski definition) is 5. The molecule has 0 atom stereocenters. The summed E-state index contributed by atoms with van der Waals surface area (Å²) in [7, 11) is 0. The Bertz CT molecular complexity index is 150. The van der Waals surface area contributed by atoms with E-state index in [2.05, 4.69) is 16.4 Å². The third-order valence-electron chi connectivity index (χ3n) is 0.552. The highest BCUT2D eigenvalue weighted by atomic mass is 15.9. The van der Waals surface area contributed by atoms with Crippen molar-refractivity contribution in [3.8, 4) is 0 Å². The van der Waals surface area contributed by atoms with E-state index >= 15 is 0 Å². The number of nitrogens with zero attached hydrogens (tertiary/aromatic N) is 1. The average Bonchev–Trinajstić information content (AvgIpc) is 1.82. The summed E-state index contributed by atoms with van der Waals surface area (Å²) in [4.78, 5) is 0. The van der Waals surface area contributed by atoms with Crippen molar-refractivity contribution in [3.63, 3.8) is 0 Å². The molecule has 0 heterocycles. The van der Waals surface area contributed by atoms with E-state index in [1.165, 1.54) is 0 Å². The van der Waals surface area contributed by atoms with Crippen LogP contribution in [-0.2, 0) is 0 Å². The maximum absolute atomic E-state index is 6.70. The lowest BCUT2D eigenvalue weighted by atomic mass is 11.1. The molecule has 0 fully saturated rings. The highest BCUT2D eigenvalue weighted by Crippen LogP contribution is 1.53. The zero-order valence-electron chi connectivity index (χ0n) is 5.68. The van der Waals surface area contributed by atoms with Crippen molar-refractivity contribution < 1.29 is 0 Å². The van der Waals surface area contributed by atoms with Gasteiger partial charge in [0, 0.05) is 0 Å². The molecule has 9 heteroatoms. The van der Waals surface area contributed by atoms with Gasteiger partial charge >= 0.3 is 0 Å². The van der Waals surface area contributed by atoms with Gasteiger partial charge in [0.2, 0.25) is 11.9 Å². The standard InChI is InChI=1S/C2H11N9/c3-1(4)8-10-11(7)9-2(5)6/h10H,7H2,(H4,3,4,8)(H4,5,6,9). The molecule has 64 valence electrons. The first kappa shape index (κ1) is 9.42. The van der Waals surface area contributed by atoms with Crippen LogP contribution in [0.5, 0.6) is 0 Å². The first-order chi connectivity index (χ1) is 5.02. The molecule has 0 bridgehead atoms. The lowest BCUT2D eigenvalue weighted by molar-refractivity contribution is 0.136. The average molecular weight is 161 g/mol. The maximum Gasteiger partial charge on any atom is 0.202 e. The Morgan fingerprint density at radius 1 is 1.18 bits per heavy atom. The summed E-state index contributed by atoms with van der Waals surface area (Å²) in [6, 6.07) is 0. The van der Waals surface area contributed by atoms with Crippen LogP contribution in [-0.4, -0.2) is 17.1 Å². The predicted molar refractivity (Wildman–Crippen MR) is 39.3 cm³/mol. The molecule has 0 radical (unpaired) electrons. The third kappa shape index (κ3) is 6.30. The first-order valence-corrected chi connectivity index (χ1v) is 2.53. The molecule has 0 aliphatic heterocycles. The van der Waals surface area contributed by atoms with Crippen LogP contribution in [0.2, 0.25) is 0 Å². The molecule has 0 rings (SSSR count). The number of nitrogens with two attached hydrogens (primary N) is 3. The van der Waals surface area contributed by atoms with E-state index in [-0.39, 0.29) is 11.9 Å². The molecule has 0 spiro atoms. The number of hydrazine groups is 4. The maximum atomic E-state index is 6.70. The first-order valence-electron chi connectivity index (χ1n) is 2.53. The van der Waals surface area contributed by atoms with Crippen molar-refractivity contribution in [2.45, 2.75) is 0 Å². The van der Waals surface area contributed by atoms with Gasteiger partial charge in [-0.1, -0.05) is 5.23 Å². The van der Waals surface area contributed by atoms with Crippen LogP contribution in [0.25, 0.3) is 0 Å². The van der Waals surface area contributed by atoms with Gasteiger partial charge in [-0.2, -0.15) is 0 Å². The van der Waals surface area contributed by atoms with Crippen LogP contribution in [0.15, 0.2) is 0 Å². The Hall–Kier alpha value is -1.58. The Labute approximate surface area is 62.8 Å². The van der Waals surface area contributed by atoms with Crippen LogP contribution >= 0.6 is 0 Å². The van der Waals surface area contributed by atoms with Gasteiger partial charge in [-0.3, -0.25) is 21.7 Å². The van der Waals surface area contributed by atoms with E-state index in [0.717, 1.165) is 5.23 Å². The Morgan fingerprint density at radius 2 is 1.73 bits per heavy atom. The van der Waals surface area contributed by atoms with E-state index in [9.17, 15) is 0 Å². The van der Waals surface area contributed by atoms with Gasteiger partial charge in [-0.15, -0.1) is 5.53 Å². The minimum Gasteiger partial charge on any atom is -0.369 e. The monoisotopic (exact) mass is 161 g/mol. The normalized spacial score (nSPS) is 9.27. The molecule has 0 aromatic heterocycles. The van der Waals surface area contributed by atoms with E-state index < -0.39 is 0 Å². The van der Waals surface area contributed by atoms with Gasteiger partial charge < -0.3 is 11.5 Å². The Balaban J connectivity index is 3.44. The van der Waals surface area contributed by atoms with Crippen molar-refractivity contribution in [1.29, 1.82) is 10.8 Å². The molecule has 0 saturated heterocycles. The van der Waals surface area contributed by atoms with Gasteiger partial charge in [0.1, 0.15) is 0 Å². The third-order valence-corrected chi connectivity index (χ3v) is 0.552. The molecule has 0 aliphatic carbocycles. The van der Waals surface area contributed by atoms with Crippen molar-refractivity contribution >= 4 is 11.9 Å². The summed E-state index contributed by atoms with van der Waals surface area (Å²) >= 11 is 0. The molecule has 9 nitrogen and oxygen atoms in total. The molecule has 11 N–H and O–H groups in total. The smallest absolute Gasteiger partial charge is 0.202 e. The highest BCUT2D eigenvalue weighted by Gasteiger charge is 1.95. The van der Waals surface area contributed by atoms with Crippen LogP contribution < -0.4 is 33.7 Å². The van der Waals surface area contributed by atoms with Crippen molar-refractivity contribution in [3.05, 3.63) is 0 Å². The Morgan fingerprint density at radius 3 is 2.09 bits per heavy atom. The Kier molecular flexibility index (Phi) is 3.66. The molecular weight excluding hydrogens is 150 g/mol. The zero-order chi connectivity index (χ0) is 8.85. The van der Waals surface area contributed by atoms with E-state index in [0.29, 0.717) is 0 Å². The van der Waals surface area contributed by atoms with Gasteiger partial charge in [0.15, 0.2) is 0 Å². The number of rotatable bonds is 3. The topological polar surface area (TPSA) is 165 Å². The van der Waals surface area contributed by atoms with Gasteiger partial charge in [0.05, 0.1) is 0 Å². The van der Waals surface area contributed by atoms with Crippen molar-refractivity contribution in [1.82, 2.24) is 21.6 Å². The number of guanidine groups is 2. The van der Waals surface area contributed by atoms with Crippen LogP contribution in [0.3, 0.4) is 0 Å². The molecule has 0 saturated carbocycles. The molecule has 0 aromatic carbocycles. The minimum atomic E-state index is -0.342. The van der Waals surface area contributed by atoms with E-state index in [1.807, 2.05) is 0 Å². The lowest BCUT2D eigenvalue weighted by Gasteiger charge is -2.17. The second kappa shape index (κ2) is 4.27. The minimum absolute atomic E-state index is 0.314. The molecule has 0 unspecified atom stereocenters. The summed E-state index contributed by atoms with van der Waals surface area (Å²) < 4.78 is 0. The van der Waals surface area contributed by atoms with E-state index in [4.69, 9.17) is 28.1 Å². The quantitative estimate of drug-likeness (QED) is 0.0918. The van der Waals surface area contributed by atoms with E-state index in [1.54, 1.807) is 0 Å². The fraction of sp³-hybridized carbons (Fsp3) is 0. The summed E-state index contributed by atoms with van der Waals surface area (Å²) in [6.45, 7) is 0. The number of hydrogen-bond donors (Lipinski definition) is 8. The lowest BCUT2D eigenvalue weighted by Crippen LogP contribution is -2.62. The summed E-state index contributed by atoms with van der Waals surface area (Å²) in [5, 5.41) is 14.1. The molecule has 0 amide bonds. The van der Waals surface area contributed by atoms with Gasteiger partial charge in [-0.05, 0) is 0 Å². The summed E-state index contributed by atoms with van der Waals surface area (Å²) in [5.74, 6) is 4.44. The highest BCUT2D eigenvalue weighted by molar-refractivity contribution is 5.74. The van der Waals surface area contributed by atoms with Crippen LogP contribution in [0, 0.1) is 10.8 Å². The van der Waals surface area contributed by atoms with Crippen molar-refractivity contribution in [2.75, 3.05) is 0 Å². The number of nitrogens with one attached hydrogen (secondary N) is 5. The van der Waals surface area contributed by atoms with Crippen LogP contribution in [0.1, 0.15) is 0 Å². The predicted octanol–water partition coefficient (Wildman–Crippen LogP) is -3.54. The molecule has 0 aliphatic rings. The van der Waals surface area contributed by atoms with Crippen LogP contribution in [0.4, 0.5) is 0 Å². The molecule has 11 heavy (non-hydrogen) atoms. The largest absolute Gasteiger partial charge is 0.369 e. The van der Waals surface area contributed by atoms with Gasteiger partial charge in [0.25, 0.3) is 0 Å². The summed E-state index contributed by atoms with van der Waals surface area (Å²) in [6.07, 6.45) is 0. The molecule has 0 aromatic rings. The fourth-order valence-electron chi connectivity index (χ4n) is 0.278. The molecular formula is C2H11N9. The zero-order valence-corrected chi connectivity index (χ0v) is 5.68. The fourth-order valence-corrected chi connectivity index (χ4v) is 0.278.